The largest absolute Gasteiger partial charge is 0.489 e. The molecule has 2 aliphatic rings. The molecule has 0 amide bonds. The fourth-order valence-corrected chi connectivity index (χ4v) is 4.96. The average Bonchev–Trinajstić information content (AvgIpc) is 2.95. The minimum atomic E-state index is -0.211. The van der Waals surface area contributed by atoms with E-state index in [9.17, 15) is 4.79 Å². The second kappa shape index (κ2) is 8.68. The summed E-state index contributed by atoms with van der Waals surface area (Å²) in [5.74, 6) is 1.03. The fourth-order valence-electron chi connectivity index (χ4n) is 4.96. The molecule has 0 aromatic heterocycles. The van der Waals surface area contributed by atoms with Crippen molar-refractivity contribution in [1.29, 1.82) is 0 Å². The zero-order valence-electron chi connectivity index (χ0n) is 20.4. The molecule has 0 unspecified atom stereocenters. The summed E-state index contributed by atoms with van der Waals surface area (Å²) in [7, 11) is 0. The van der Waals surface area contributed by atoms with Gasteiger partial charge in [0, 0.05) is 17.7 Å². The molecule has 3 aromatic rings. The molecule has 0 radical (unpaired) electrons. The van der Waals surface area contributed by atoms with Crippen LogP contribution in [-0.4, -0.2) is 5.78 Å². The van der Waals surface area contributed by atoms with Gasteiger partial charge in [0.25, 0.3) is 0 Å². The molecule has 1 heterocycles. The van der Waals surface area contributed by atoms with Crippen LogP contribution in [0.15, 0.2) is 78.0 Å². The van der Waals surface area contributed by atoms with Gasteiger partial charge in [-0.2, -0.15) is 0 Å². The van der Waals surface area contributed by atoms with E-state index in [2.05, 4.69) is 74.7 Å². The van der Waals surface area contributed by atoms with Gasteiger partial charge in [-0.05, 0) is 72.2 Å². The lowest BCUT2D eigenvalue weighted by atomic mass is 9.73. The first-order chi connectivity index (χ1) is 16.3. The number of carbonyl (C=O) groups is 1. The summed E-state index contributed by atoms with van der Waals surface area (Å²) in [6.45, 7) is 9.12. The van der Waals surface area contributed by atoms with Crippen LogP contribution in [0.3, 0.4) is 0 Å². The Labute approximate surface area is 202 Å². The first-order valence-electron chi connectivity index (χ1n) is 12.0. The number of hydrogen-bond donors (Lipinski definition) is 2. The number of hydrogen-bond acceptors (Lipinski definition) is 4. The molecule has 4 nitrogen and oxygen atoms in total. The molecule has 34 heavy (non-hydrogen) atoms. The Kier molecular flexibility index (Phi) is 5.68. The molecule has 0 bridgehead atoms. The van der Waals surface area contributed by atoms with Crippen LogP contribution in [0.5, 0.6) is 5.75 Å². The minimum Gasteiger partial charge on any atom is -0.489 e. The number of rotatable bonds is 4. The van der Waals surface area contributed by atoms with Crippen LogP contribution in [0.25, 0.3) is 0 Å². The Morgan fingerprint density at radius 1 is 0.912 bits per heavy atom. The lowest BCUT2D eigenvalue weighted by Crippen LogP contribution is -2.31. The number of carbonyl (C=O) groups excluding carboxylic acids is 1. The molecular formula is C30H32N2O2. The van der Waals surface area contributed by atoms with E-state index < -0.39 is 0 Å². The molecule has 0 saturated carbocycles. The van der Waals surface area contributed by atoms with Crippen molar-refractivity contribution in [2.24, 2.45) is 5.41 Å². The number of nitrogens with one attached hydrogen (secondary N) is 2. The van der Waals surface area contributed by atoms with E-state index in [1.165, 1.54) is 11.1 Å². The predicted molar refractivity (Wildman–Crippen MR) is 138 cm³/mol. The molecule has 1 atom stereocenters. The van der Waals surface area contributed by atoms with Gasteiger partial charge in [0.15, 0.2) is 5.78 Å². The van der Waals surface area contributed by atoms with Crippen molar-refractivity contribution < 1.29 is 9.53 Å². The summed E-state index contributed by atoms with van der Waals surface area (Å²) < 4.78 is 5.99. The van der Waals surface area contributed by atoms with E-state index in [1.54, 1.807) is 0 Å². The molecule has 0 saturated heterocycles. The number of allylic oxidation sites excluding steroid dienone is 1. The van der Waals surface area contributed by atoms with E-state index >= 15 is 0 Å². The smallest absolute Gasteiger partial charge is 0.163 e. The summed E-state index contributed by atoms with van der Waals surface area (Å²) in [5, 5.41) is 7.33. The maximum atomic E-state index is 13.4. The van der Waals surface area contributed by atoms with Gasteiger partial charge in [-0.15, -0.1) is 0 Å². The van der Waals surface area contributed by atoms with Crippen molar-refractivity contribution >= 4 is 17.2 Å². The lowest BCUT2D eigenvalue weighted by Gasteiger charge is -2.34. The Hall–Kier alpha value is -3.53. The highest BCUT2D eigenvalue weighted by molar-refractivity contribution is 6.01. The van der Waals surface area contributed by atoms with Crippen molar-refractivity contribution in [2.75, 3.05) is 10.6 Å². The number of fused-ring (bicyclic) bond motifs is 1. The summed E-state index contributed by atoms with van der Waals surface area (Å²) in [6.07, 6.45) is 1.40. The van der Waals surface area contributed by atoms with E-state index in [0.717, 1.165) is 45.9 Å². The van der Waals surface area contributed by atoms with Crippen LogP contribution in [0, 0.1) is 19.3 Å². The van der Waals surface area contributed by atoms with Gasteiger partial charge in [0.1, 0.15) is 12.4 Å². The Morgan fingerprint density at radius 2 is 1.59 bits per heavy atom. The highest BCUT2D eigenvalue weighted by atomic mass is 16.5. The highest BCUT2D eigenvalue weighted by Crippen LogP contribution is 2.46. The summed E-state index contributed by atoms with van der Waals surface area (Å²) in [4.78, 5) is 13.4. The van der Waals surface area contributed by atoms with E-state index in [0.29, 0.717) is 13.0 Å². The Bertz CT molecular complexity index is 1260. The topological polar surface area (TPSA) is 50.4 Å². The summed E-state index contributed by atoms with van der Waals surface area (Å²) in [6, 6.07) is 22.4. The second-order valence-corrected chi connectivity index (χ2v) is 10.4. The maximum absolute atomic E-state index is 13.4. The molecule has 1 aliphatic carbocycles. The Morgan fingerprint density at radius 3 is 2.29 bits per heavy atom. The molecule has 2 N–H and O–H groups in total. The first kappa shape index (κ1) is 22.3. The molecule has 1 aliphatic heterocycles. The van der Waals surface area contributed by atoms with Crippen LogP contribution in [0.2, 0.25) is 0 Å². The summed E-state index contributed by atoms with van der Waals surface area (Å²) >= 11 is 0. The fraction of sp³-hybridized carbons (Fsp3) is 0.300. The third-order valence-corrected chi connectivity index (χ3v) is 6.89. The Balaban J connectivity index is 1.49. The SMILES string of the molecule is Cc1cc2c(cc1C)N[C@H](c1ccc(OCc3ccccc3)cc1)C1=C(CC(C)(C)CC1=O)N2. The molecule has 0 fully saturated rings. The molecule has 0 spiro atoms. The van der Waals surface area contributed by atoms with Crippen molar-refractivity contribution in [1.82, 2.24) is 0 Å². The second-order valence-electron chi connectivity index (χ2n) is 10.4. The number of benzene rings is 3. The minimum absolute atomic E-state index is 0.0627. The molecule has 3 aromatic carbocycles. The standard InChI is InChI=1S/C30H32N2O2/c1-19-14-24-25(15-20(19)2)32-29(28-26(31-24)16-30(3,4)17-27(28)33)22-10-12-23(13-11-22)34-18-21-8-6-5-7-9-21/h5-15,29,31-32H,16-18H2,1-4H3/t29-/m1/s1. The van der Waals surface area contributed by atoms with Crippen molar-refractivity contribution in [2.45, 2.75) is 53.2 Å². The van der Waals surface area contributed by atoms with Gasteiger partial charge in [0.05, 0.1) is 17.4 Å². The van der Waals surface area contributed by atoms with Gasteiger partial charge in [0.2, 0.25) is 0 Å². The van der Waals surface area contributed by atoms with Gasteiger partial charge < -0.3 is 15.4 Å². The monoisotopic (exact) mass is 452 g/mol. The molecular weight excluding hydrogens is 420 g/mol. The van der Waals surface area contributed by atoms with Crippen molar-refractivity contribution in [3.63, 3.8) is 0 Å². The number of Topliss-reactive ketones (excluding diaryl/α,β-unsaturated/α-hetero) is 1. The van der Waals surface area contributed by atoms with Crippen LogP contribution in [0.1, 0.15) is 55.0 Å². The van der Waals surface area contributed by atoms with Gasteiger partial charge in [-0.3, -0.25) is 4.79 Å². The number of ether oxygens (including phenoxy) is 1. The first-order valence-corrected chi connectivity index (χ1v) is 12.0. The van der Waals surface area contributed by atoms with Crippen LogP contribution < -0.4 is 15.4 Å². The molecule has 174 valence electrons. The van der Waals surface area contributed by atoms with E-state index in [4.69, 9.17) is 4.74 Å². The maximum Gasteiger partial charge on any atom is 0.163 e. The van der Waals surface area contributed by atoms with E-state index in [-0.39, 0.29) is 17.2 Å². The van der Waals surface area contributed by atoms with Crippen LogP contribution in [0.4, 0.5) is 11.4 Å². The summed E-state index contributed by atoms with van der Waals surface area (Å²) in [5.41, 5.74) is 8.53. The lowest BCUT2D eigenvalue weighted by molar-refractivity contribution is -0.118. The highest BCUT2D eigenvalue weighted by Gasteiger charge is 2.38. The van der Waals surface area contributed by atoms with Crippen molar-refractivity contribution in [3.8, 4) is 5.75 Å². The zero-order valence-corrected chi connectivity index (χ0v) is 20.4. The predicted octanol–water partition coefficient (Wildman–Crippen LogP) is 7.10. The van der Waals surface area contributed by atoms with Crippen LogP contribution in [-0.2, 0) is 11.4 Å². The van der Waals surface area contributed by atoms with Gasteiger partial charge in [-0.1, -0.05) is 56.3 Å². The quantitative estimate of drug-likeness (QED) is 0.443. The third-order valence-electron chi connectivity index (χ3n) is 6.89. The molecule has 4 heteroatoms. The van der Waals surface area contributed by atoms with Crippen molar-refractivity contribution in [3.05, 3.63) is 100 Å². The van der Waals surface area contributed by atoms with Crippen LogP contribution >= 0.6 is 0 Å². The number of aryl methyl sites for hydroxylation is 2. The number of anilines is 2. The number of ketones is 1. The van der Waals surface area contributed by atoms with Gasteiger partial charge in [-0.25, -0.2) is 0 Å². The normalized spacial score (nSPS) is 18.8. The third kappa shape index (κ3) is 4.45. The van der Waals surface area contributed by atoms with E-state index in [1.807, 2.05) is 30.3 Å². The molecule has 5 rings (SSSR count). The zero-order chi connectivity index (χ0) is 23.9. The average molecular weight is 453 g/mol. The van der Waals surface area contributed by atoms with Gasteiger partial charge >= 0.3 is 0 Å².